The second-order valence-corrected chi connectivity index (χ2v) is 4.29. The molecule has 0 saturated carbocycles. The predicted octanol–water partition coefficient (Wildman–Crippen LogP) is 2.21. The molecule has 0 aliphatic heterocycles. The van der Waals surface area contributed by atoms with E-state index in [4.69, 9.17) is 17.5 Å². The Morgan fingerprint density at radius 1 is 1.50 bits per heavy atom. The highest BCUT2D eigenvalue weighted by Gasteiger charge is 2.24. The first-order valence-corrected chi connectivity index (χ1v) is 4.66. The Morgan fingerprint density at radius 3 is 2.64 bits per heavy atom. The Bertz CT molecular complexity index is 326. The van der Waals surface area contributed by atoms with Gasteiger partial charge in [0.1, 0.15) is 5.75 Å². The second-order valence-electron chi connectivity index (χ2n) is 3.86. The Labute approximate surface area is 88.4 Å². The summed E-state index contributed by atoms with van der Waals surface area (Å²) in [7, 11) is 0. The van der Waals surface area contributed by atoms with Crippen molar-refractivity contribution in [2.45, 2.75) is 19.3 Å². The largest absolute Gasteiger partial charge is 0.508 e. The van der Waals surface area contributed by atoms with Gasteiger partial charge in [0.25, 0.3) is 0 Å². The fraction of sp³-hybridized carbons (Fsp3) is 0.400. The van der Waals surface area contributed by atoms with Gasteiger partial charge in [-0.15, -0.1) is 0 Å². The first kappa shape index (κ1) is 11.3. The summed E-state index contributed by atoms with van der Waals surface area (Å²) in [5, 5.41) is 10.2. The van der Waals surface area contributed by atoms with Crippen molar-refractivity contribution in [1.29, 1.82) is 0 Å². The monoisotopic (exact) mass is 215 g/mol. The van der Waals surface area contributed by atoms with Crippen LogP contribution in [-0.4, -0.2) is 11.7 Å². The molecule has 14 heavy (non-hydrogen) atoms. The van der Waals surface area contributed by atoms with E-state index in [-0.39, 0.29) is 11.2 Å². The van der Waals surface area contributed by atoms with Gasteiger partial charge in [0.15, 0.2) is 0 Å². The maximum Gasteiger partial charge on any atom is 0.120 e. The predicted molar refractivity (Wildman–Crippen MR) is 56.3 cm³/mol. The number of benzene rings is 1. The van der Waals surface area contributed by atoms with Crippen LogP contribution < -0.4 is 5.90 Å². The molecule has 1 aromatic rings. The summed E-state index contributed by atoms with van der Waals surface area (Å²) in [6.45, 7) is 4.20. The number of phenols is 1. The molecule has 0 fully saturated rings. The van der Waals surface area contributed by atoms with Gasteiger partial charge in [0.2, 0.25) is 0 Å². The Balaban J connectivity index is 3.06. The van der Waals surface area contributed by atoms with Crippen LogP contribution in [-0.2, 0) is 10.3 Å². The number of hydrogen-bond donors (Lipinski definition) is 2. The van der Waals surface area contributed by atoms with E-state index in [0.29, 0.717) is 11.6 Å². The quantitative estimate of drug-likeness (QED) is 0.761. The molecule has 1 aromatic carbocycles. The number of nitrogens with two attached hydrogens (primary N) is 1. The Morgan fingerprint density at radius 2 is 2.14 bits per heavy atom. The molecule has 3 N–H and O–H groups in total. The minimum atomic E-state index is -0.330. The van der Waals surface area contributed by atoms with Crippen molar-refractivity contribution in [3.8, 4) is 5.75 Å². The molecular formula is C10H14ClNO2. The zero-order chi connectivity index (χ0) is 10.8. The lowest BCUT2D eigenvalue weighted by atomic mass is 9.85. The van der Waals surface area contributed by atoms with E-state index in [9.17, 15) is 5.11 Å². The summed E-state index contributed by atoms with van der Waals surface area (Å²) in [5.74, 6) is 5.19. The average molecular weight is 216 g/mol. The van der Waals surface area contributed by atoms with Crippen molar-refractivity contribution in [2.75, 3.05) is 6.61 Å². The van der Waals surface area contributed by atoms with Crippen molar-refractivity contribution in [3.63, 3.8) is 0 Å². The zero-order valence-electron chi connectivity index (χ0n) is 8.25. The van der Waals surface area contributed by atoms with Gasteiger partial charge in [-0.05, 0) is 12.1 Å². The molecule has 0 heterocycles. The van der Waals surface area contributed by atoms with Gasteiger partial charge in [0.05, 0.1) is 6.61 Å². The highest BCUT2D eigenvalue weighted by molar-refractivity contribution is 6.30. The third-order valence-corrected chi connectivity index (χ3v) is 2.37. The number of halogens is 1. The highest BCUT2D eigenvalue weighted by atomic mass is 35.5. The zero-order valence-corrected chi connectivity index (χ0v) is 9.01. The van der Waals surface area contributed by atoms with Crippen LogP contribution in [0.5, 0.6) is 5.75 Å². The molecule has 0 amide bonds. The fourth-order valence-corrected chi connectivity index (χ4v) is 1.53. The molecule has 0 bridgehead atoms. The summed E-state index contributed by atoms with van der Waals surface area (Å²) >= 11 is 5.73. The van der Waals surface area contributed by atoms with Gasteiger partial charge in [-0.3, -0.25) is 0 Å². The van der Waals surface area contributed by atoms with Gasteiger partial charge >= 0.3 is 0 Å². The molecule has 3 nitrogen and oxygen atoms in total. The molecule has 0 spiro atoms. The van der Waals surface area contributed by atoms with E-state index in [0.717, 1.165) is 5.56 Å². The third-order valence-electron chi connectivity index (χ3n) is 2.13. The number of rotatable bonds is 3. The molecular weight excluding hydrogens is 202 g/mol. The topological polar surface area (TPSA) is 55.5 Å². The number of hydrogen-bond acceptors (Lipinski definition) is 3. The molecule has 4 heteroatoms. The lowest BCUT2D eigenvalue weighted by Gasteiger charge is -2.24. The molecule has 0 aliphatic carbocycles. The fourth-order valence-electron chi connectivity index (χ4n) is 1.36. The Kier molecular flexibility index (Phi) is 3.37. The van der Waals surface area contributed by atoms with E-state index in [1.807, 2.05) is 13.8 Å². The minimum absolute atomic E-state index is 0.166. The SMILES string of the molecule is CC(C)(CON)c1ccc(Cl)cc1O. The van der Waals surface area contributed by atoms with E-state index in [1.165, 1.54) is 6.07 Å². The first-order chi connectivity index (χ1) is 6.47. The van der Waals surface area contributed by atoms with Crippen molar-refractivity contribution in [2.24, 2.45) is 5.90 Å². The summed E-state index contributed by atoms with van der Waals surface area (Å²) in [4.78, 5) is 4.60. The minimum Gasteiger partial charge on any atom is -0.508 e. The second kappa shape index (κ2) is 4.17. The maximum absolute atomic E-state index is 9.67. The van der Waals surface area contributed by atoms with Crippen molar-refractivity contribution in [1.82, 2.24) is 0 Å². The molecule has 0 aliphatic rings. The van der Waals surface area contributed by atoms with Gasteiger partial charge < -0.3 is 9.94 Å². The van der Waals surface area contributed by atoms with Crippen LogP contribution in [0.3, 0.4) is 0 Å². The summed E-state index contributed by atoms with van der Waals surface area (Å²) in [6.07, 6.45) is 0. The van der Waals surface area contributed by atoms with E-state index >= 15 is 0 Å². The smallest absolute Gasteiger partial charge is 0.120 e. The normalized spacial score (nSPS) is 11.7. The van der Waals surface area contributed by atoms with E-state index < -0.39 is 0 Å². The molecule has 1 rings (SSSR count). The lowest BCUT2D eigenvalue weighted by molar-refractivity contribution is 0.0954. The van der Waals surface area contributed by atoms with Crippen LogP contribution >= 0.6 is 11.6 Å². The Hall–Kier alpha value is -0.770. The maximum atomic E-state index is 9.67. The highest BCUT2D eigenvalue weighted by Crippen LogP contribution is 2.32. The van der Waals surface area contributed by atoms with Gasteiger partial charge in [-0.25, -0.2) is 5.90 Å². The molecule has 0 saturated heterocycles. The number of aromatic hydroxyl groups is 1. The van der Waals surface area contributed by atoms with Crippen molar-refractivity contribution >= 4 is 11.6 Å². The summed E-state index contributed by atoms with van der Waals surface area (Å²) in [5.41, 5.74) is 0.441. The van der Waals surface area contributed by atoms with Crippen LogP contribution in [0.15, 0.2) is 18.2 Å². The standard InChI is InChI=1S/C10H14ClNO2/c1-10(2,6-14-12)8-4-3-7(11)5-9(8)13/h3-5,13H,6,12H2,1-2H3. The molecule has 0 radical (unpaired) electrons. The van der Waals surface area contributed by atoms with Crippen LogP contribution in [0.25, 0.3) is 0 Å². The van der Waals surface area contributed by atoms with Crippen LogP contribution in [0, 0.1) is 0 Å². The summed E-state index contributed by atoms with van der Waals surface area (Å²) in [6, 6.07) is 5.01. The van der Waals surface area contributed by atoms with Crippen molar-refractivity contribution in [3.05, 3.63) is 28.8 Å². The molecule has 0 aromatic heterocycles. The summed E-state index contributed by atoms with van der Waals surface area (Å²) < 4.78 is 0. The lowest BCUT2D eigenvalue weighted by Crippen LogP contribution is -2.26. The van der Waals surface area contributed by atoms with Crippen molar-refractivity contribution < 1.29 is 9.94 Å². The first-order valence-electron chi connectivity index (χ1n) is 4.28. The van der Waals surface area contributed by atoms with Gasteiger partial charge in [-0.1, -0.05) is 31.5 Å². The van der Waals surface area contributed by atoms with E-state index in [2.05, 4.69) is 4.84 Å². The van der Waals surface area contributed by atoms with Crippen LogP contribution in [0.2, 0.25) is 5.02 Å². The molecule has 0 atom stereocenters. The van der Waals surface area contributed by atoms with Gasteiger partial charge in [-0.2, -0.15) is 0 Å². The average Bonchev–Trinajstić information content (AvgIpc) is 2.02. The van der Waals surface area contributed by atoms with Crippen LogP contribution in [0.4, 0.5) is 0 Å². The molecule has 78 valence electrons. The third kappa shape index (κ3) is 2.38. The van der Waals surface area contributed by atoms with Crippen LogP contribution in [0.1, 0.15) is 19.4 Å². The molecule has 0 unspecified atom stereocenters. The number of phenolic OH excluding ortho intramolecular Hbond substituents is 1. The van der Waals surface area contributed by atoms with E-state index in [1.54, 1.807) is 12.1 Å². The van der Waals surface area contributed by atoms with Gasteiger partial charge in [0, 0.05) is 16.0 Å².